The van der Waals surface area contributed by atoms with Crippen LogP contribution in [0.4, 0.5) is 5.69 Å². The molecule has 1 aliphatic rings. The van der Waals surface area contributed by atoms with Gasteiger partial charge in [-0.3, -0.25) is 9.10 Å². The second kappa shape index (κ2) is 8.00. The highest BCUT2D eigenvalue weighted by Crippen LogP contribution is 2.30. The van der Waals surface area contributed by atoms with Crippen molar-refractivity contribution in [3.8, 4) is 5.75 Å². The van der Waals surface area contributed by atoms with Crippen molar-refractivity contribution in [3.63, 3.8) is 0 Å². The van der Waals surface area contributed by atoms with Gasteiger partial charge in [0.1, 0.15) is 5.75 Å². The number of amides is 1. The predicted octanol–water partition coefficient (Wildman–Crippen LogP) is 2.73. The van der Waals surface area contributed by atoms with Gasteiger partial charge in [-0.25, -0.2) is 8.42 Å². The van der Waals surface area contributed by atoms with Crippen molar-refractivity contribution >= 4 is 21.6 Å². The molecule has 0 spiro atoms. The molecule has 144 valence electrons. The Morgan fingerprint density at radius 3 is 2.59 bits per heavy atom. The van der Waals surface area contributed by atoms with E-state index in [2.05, 4.69) is 5.32 Å². The van der Waals surface area contributed by atoms with Crippen molar-refractivity contribution in [1.82, 2.24) is 5.32 Å². The van der Waals surface area contributed by atoms with Crippen LogP contribution in [-0.2, 0) is 23.0 Å². The number of hydrogen-bond acceptors (Lipinski definition) is 4. The van der Waals surface area contributed by atoms with Gasteiger partial charge in [-0.1, -0.05) is 12.1 Å². The smallest absolute Gasteiger partial charge is 0.251 e. The van der Waals surface area contributed by atoms with E-state index in [1.807, 2.05) is 24.3 Å². The summed E-state index contributed by atoms with van der Waals surface area (Å²) >= 11 is 0. The summed E-state index contributed by atoms with van der Waals surface area (Å²) < 4.78 is 31.1. The SMILES string of the molecule is CCS(=O)(=O)N1CCCc2cc(C(=O)NCc3ccc(OC)cc3)ccc21. The fraction of sp³-hybridized carbons (Fsp3) is 0.350. The van der Waals surface area contributed by atoms with Crippen LogP contribution < -0.4 is 14.4 Å². The summed E-state index contributed by atoms with van der Waals surface area (Å²) in [7, 11) is -1.69. The molecule has 3 rings (SSSR count). The lowest BCUT2D eigenvalue weighted by Crippen LogP contribution is -2.36. The number of carbonyl (C=O) groups excluding carboxylic acids is 1. The van der Waals surface area contributed by atoms with Crippen LogP contribution in [0.25, 0.3) is 0 Å². The van der Waals surface area contributed by atoms with E-state index in [0.29, 0.717) is 24.3 Å². The molecule has 2 aromatic rings. The monoisotopic (exact) mass is 388 g/mol. The van der Waals surface area contributed by atoms with Crippen LogP contribution in [0, 0.1) is 0 Å². The first kappa shape index (κ1) is 19.2. The summed E-state index contributed by atoms with van der Waals surface area (Å²) in [6.45, 7) is 2.55. The Balaban J connectivity index is 1.73. The number of hydrogen-bond donors (Lipinski definition) is 1. The minimum atomic E-state index is -3.30. The fourth-order valence-electron chi connectivity index (χ4n) is 3.18. The van der Waals surface area contributed by atoms with E-state index in [1.54, 1.807) is 32.2 Å². The summed E-state index contributed by atoms with van der Waals surface area (Å²) in [5.74, 6) is 0.659. The zero-order valence-corrected chi connectivity index (χ0v) is 16.4. The first-order valence-corrected chi connectivity index (χ1v) is 10.6. The second-order valence-corrected chi connectivity index (χ2v) is 8.63. The van der Waals surface area contributed by atoms with Crippen LogP contribution in [0.5, 0.6) is 5.75 Å². The molecular formula is C20H24N2O4S. The van der Waals surface area contributed by atoms with Gasteiger partial charge in [-0.15, -0.1) is 0 Å². The normalized spacial score (nSPS) is 13.8. The van der Waals surface area contributed by atoms with E-state index in [0.717, 1.165) is 29.7 Å². The Labute approximate surface area is 160 Å². The quantitative estimate of drug-likeness (QED) is 0.826. The molecule has 0 bridgehead atoms. The third-order valence-corrected chi connectivity index (χ3v) is 6.51. The number of rotatable bonds is 6. The zero-order valence-electron chi connectivity index (χ0n) is 15.6. The van der Waals surface area contributed by atoms with E-state index in [1.165, 1.54) is 4.31 Å². The van der Waals surface area contributed by atoms with E-state index in [4.69, 9.17) is 4.74 Å². The number of carbonyl (C=O) groups is 1. The predicted molar refractivity (Wildman–Crippen MR) is 106 cm³/mol. The lowest BCUT2D eigenvalue weighted by Gasteiger charge is -2.30. The standard InChI is InChI=1S/C20H24N2O4S/c1-3-27(24,25)22-12-4-5-16-13-17(8-11-19(16)22)20(23)21-14-15-6-9-18(26-2)10-7-15/h6-11,13H,3-5,12,14H2,1-2H3,(H,21,23). The van der Waals surface area contributed by atoms with Gasteiger partial charge in [0.05, 0.1) is 18.6 Å². The highest BCUT2D eigenvalue weighted by molar-refractivity contribution is 7.92. The van der Waals surface area contributed by atoms with Gasteiger partial charge in [0.25, 0.3) is 5.91 Å². The molecule has 27 heavy (non-hydrogen) atoms. The number of sulfonamides is 1. The van der Waals surface area contributed by atoms with Crippen molar-refractivity contribution in [3.05, 3.63) is 59.2 Å². The molecule has 1 N–H and O–H groups in total. The molecule has 0 unspecified atom stereocenters. The number of ether oxygens (including phenoxy) is 1. The van der Waals surface area contributed by atoms with Gasteiger partial charge in [0.2, 0.25) is 10.0 Å². The van der Waals surface area contributed by atoms with Crippen molar-refractivity contribution in [1.29, 1.82) is 0 Å². The summed E-state index contributed by atoms with van der Waals surface area (Å²) in [4.78, 5) is 12.5. The first-order chi connectivity index (χ1) is 12.9. The minimum absolute atomic E-state index is 0.0660. The number of fused-ring (bicyclic) bond motifs is 1. The molecule has 0 atom stereocenters. The fourth-order valence-corrected chi connectivity index (χ4v) is 4.37. The van der Waals surface area contributed by atoms with Crippen LogP contribution >= 0.6 is 0 Å². The largest absolute Gasteiger partial charge is 0.497 e. The van der Waals surface area contributed by atoms with Crippen molar-refractivity contribution in [2.45, 2.75) is 26.3 Å². The molecule has 6 nitrogen and oxygen atoms in total. The lowest BCUT2D eigenvalue weighted by molar-refractivity contribution is 0.0951. The van der Waals surface area contributed by atoms with Gasteiger partial charge in [-0.2, -0.15) is 0 Å². The zero-order chi connectivity index (χ0) is 19.4. The molecular weight excluding hydrogens is 364 g/mol. The van der Waals surface area contributed by atoms with Crippen LogP contribution in [0.1, 0.15) is 34.8 Å². The number of nitrogens with one attached hydrogen (secondary N) is 1. The van der Waals surface area contributed by atoms with Crippen molar-refractivity contribution in [2.75, 3.05) is 23.7 Å². The molecule has 0 aliphatic carbocycles. The summed E-state index contributed by atoms with van der Waals surface area (Å²) in [6, 6.07) is 12.7. The van der Waals surface area contributed by atoms with Crippen molar-refractivity contribution < 1.29 is 17.9 Å². The second-order valence-electron chi connectivity index (χ2n) is 6.45. The molecule has 2 aromatic carbocycles. The Kier molecular flexibility index (Phi) is 5.70. The Morgan fingerprint density at radius 1 is 1.19 bits per heavy atom. The Bertz CT molecular complexity index is 923. The van der Waals surface area contributed by atoms with E-state index >= 15 is 0 Å². The average molecular weight is 388 g/mol. The lowest BCUT2D eigenvalue weighted by atomic mass is 10.0. The Hall–Kier alpha value is -2.54. The molecule has 0 saturated carbocycles. The van der Waals surface area contributed by atoms with Crippen LogP contribution in [0.2, 0.25) is 0 Å². The molecule has 1 heterocycles. The summed E-state index contributed by atoms with van der Waals surface area (Å²) in [6.07, 6.45) is 1.52. The first-order valence-electron chi connectivity index (χ1n) is 8.99. The molecule has 0 radical (unpaired) electrons. The third-order valence-electron chi connectivity index (χ3n) is 4.73. The summed E-state index contributed by atoms with van der Waals surface area (Å²) in [5, 5.41) is 2.90. The number of benzene rings is 2. The van der Waals surface area contributed by atoms with Crippen LogP contribution in [0.15, 0.2) is 42.5 Å². The molecule has 0 saturated heterocycles. The van der Waals surface area contributed by atoms with Gasteiger partial charge in [0.15, 0.2) is 0 Å². The van der Waals surface area contributed by atoms with E-state index < -0.39 is 10.0 Å². The van der Waals surface area contributed by atoms with E-state index in [9.17, 15) is 13.2 Å². The highest BCUT2D eigenvalue weighted by Gasteiger charge is 2.26. The number of nitrogens with zero attached hydrogens (tertiary/aromatic N) is 1. The van der Waals surface area contributed by atoms with Gasteiger partial charge < -0.3 is 10.1 Å². The van der Waals surface area contributed by atoms with Gasteiger partial charge >= 0.3 is 0 Å². The minimum Gasteiger partial charge on any atom is -0.497 e. The number of anilines is 1. The van der Waals surface area contributed by atoms with Gasteiger partial charge in [0, 0.05) is 18.7 Å². The van der Waals surface area contributed by atoms with Gasteiger partial charge in [-0.05, 0) is 61.2 Å². The molecule has 0 aromatic heterocycles. The Morgan fingerprint density at radius 2 is 1.93 bits per heavy atom. The molecule has 1 aliphatic heterocycles. The highest BCUT2D eigenvalue weighted by atomic mass is 32.2. The maximum Gasteiger partial charge on any atom is 0.251 e. The average Bonchev–Trinajstić information content (AvgIpc) is 2.71. The summed E-state index contributed by atoms with van der Waals surface area (Å²) in [5.41, 5.74) is 3.10. The molecule has 7 heteroatoms. The molecule has 0 fully saturated rings. The number of aryl methyl sites for hydroxylation is 1. The number of methoxy groups -OCH3 is 1. The third kappa shape index (κ3) is 4.24. The maximum atomic E-state index is 12.5. The maximum absolute atomic E-state index is 12.5. The van der Waals surface area contributed by atoms with Crippen LogP contribution in [0.3, 0.4) is 0 Å². The topological polar surface area (TPSA) is 75.7 Å². The van der Waals surface area contributed by atoms with Crippen LogP contribution in [-0.4, -0.2) is 33.7 Å². The van der Waals surface area contributed by atoms with Crippen molar-refractivity contribution in [2.24, 2.45) is 0 Å². The van der Waals surface area contributed by atoms with E-state index in [-0.39, 0.29) is 11.7 Å². The molecule has 1 amide bonds.